The van der Waals surface area contributed by atoms with Crippen LogP contribution in [0.1, 0.15) is 13.8 Å². The molecule has 0 aromatic rings. The molecule has 0 aromatic heterocycles. The number of allylic oxidation sites excluding steroid dienone is 3. The van der Waals surface area contributed by atoms with Crippen LogP contribution in [0.25, 0.3) is 0 Å². The first-order valence-electron chi connectivity index (χ1n) is 4.31. The predicted molar refractivity (Wildman–Crippen MR) is 59.1 cm³/mol. The molecule has 0 radical (unpaired) electrons. The lowest BCUT2D eigenvalue weighted by atomic mass is 10.6. The molecule has 0 atom stereocenters. The second-order valence-electron chi connectivity index (χ2n) is 2.94. The van der Waals surface area contributed by atoms with Gasteiger partial charge < -0.3 is 9.47 Å². The van der Waals surface area contributed by atoms with Crippen molar-refractivity contribution < 1.29 is 9.47 Å². The van der Waals surface area contributed by atoms with Crippen LogP contribution < -0.4 is 0 Å². The smallest absolute Gasteiger partial charge is 0.211 e. The number of hydrogen-bond acceptors (Lipinski definition) is 2. The molecule has 0 bridgehead atoms. The second kappa shape index (κ2) is 6.54. The van der Waals surface area contributed by atoms with Gasteiger partial charge in [-0.1, -0.05) is 19.2 Å². The van der Waals surface area contributed by atoms with Crippen molar-refractivity contribution in [2.75, 3.05) is 0 Å². The van der Waals surface area contributed by atoms with Gasteiger partial charge in [0, 0.05) is 0 Å². The Kier molecular flexibility index (Phi) is 6.06. The van der Waals surface area contributed by atoms with Crippen LogP contribution in [0.15, 0.2) is 37.3 Å². The third-order valence-electron chi connectivity index (χ3n) is 1.27. The summed E-state index contributed by atoms with van der Waals surface area (Å²) in [7, 11) is -0.444. The molecule has 2 nitrogen and oxygen atoms in total. The van der Waals surface area contributed by atoms with Gasteiger partial charge in [-0.2, -0.15) is 0 Å². The lowest BCUT2D eigenvalue weighted by Gasteiger charge is -2.19. The maximum Gasteiger partial charge on any atom is 0.211 e. The number of ether oxygens (including phenoxy) is 2. The third-order valence-corrected chi connectivity index (χ3v) is 2.82. The van der Waals surface area contributed by atoms with E-state index in [9.17, 15) is 0 Å². The van der Waals surface area contributed by atoms with E-state index in [1.54, 1.807) is 0 Å². The molecule has 0 N–H and O–H groups in total. The summed E-state index contributed by atoms with van der Waals surface area (Å²) in [5, 5.41) is 0. The highest BCUT2D eigenvalue weighted by atomic mass is 28.2. The topological polar surface area (TPSA) is 18.5 Å². The van der Waals surface area contributed by atoms with Gasteiger partial charge in [0.15, 0.2) is 0 Å². The highest BCUT2D eigenvalue weighted by Gasteiger charge is 2.09. The maximum atomic E-state index is 5.40. The van der Waals surface area contributed by atoms with Gasteiger partial charge in [-0.15, -0.1) is 6.58 Å². The fraction of sp³-hybridized carbons (Fsp3) is 0.400. The first-order valence-corrected chi connectivity index (χ1v) is 6.13. The van der Waals surface area contributed by atoms with Gasteiger partial charge in [-0.25, -0.2) is 0 Å². The average molecular weight is 198 g/mol. The first kappa shape index (κ1) is 12.0. The summed E-state index contributed by atoms with van der Waals surface area (Å²) >= 11 is 0. The summed E-state index contributed by atoms with van der Waals surface area (Å²) in [6.07, 6.45) is 1.89. The van der Waals surface area contributed by atoms with E-state index in [1.807, 2.05) is 19.9 Å². The van der Waals surface area contributed by atoms with E-state index in [2.05, 4.69) is 19.7 Å². The fourth-order valence-electron chi connectivity index (χ4n) is 0.845. The van der Waals surface area contributed by atoms with E-state index in [0.717, 1.165) is 6.04 Å². The largest absolute Gasteiger partial charge is 0.465 e. The molecule has 0 aromatic carbocycles. The quantitative estimate of drug-likeness (QED) is 0.270. The Morgan fingerprint density at radius 2 is 1.77 bits per heavy atom. The number of hydrogen-bond donors (Lipinski definition) is 0. The molecular weight excluding hydrogens is 180 g/mol. The summed E-state index contributed by atoms with van der Waals surface area (Å²) in [5.41, 5.74) is 0. The normalized spacial score (nSPS) is 10.4. The van der Waals surface area contributed by atoms with Gasteiger partial charge in [0.2, 0.25) is 5.91 Å². The zero-order chi connectivity index (χ0) is 10.3. The van der Waals surface area contributed by atoms with Crippen LogP contribution in [0, 0.1) is 0 Å². The average Bonchev–Trinajstić information content (AvgIpc) is 1.98. The van der Waals surface area contributed by atoms with Crippen LogP contribution >= 0.6 is 0 Å². The van der Waals surface area contributed by atoms with E-state index >= 15 is 0 Å². The SMILES string of the molecule is C=CC[SiH2]C(OC(=C)C)OC(=C)C. The van der Waals surface area contributed by atoms with Crippen molar-refractivity contribution in [2.24, 2.45) is 0 Å². The monoisotopic (exact) mass is 198 g/mol. The highest BCUT2D eigenvalue weighted by Crippen LogP contribution is 2.06. The molecule has 0 aliphatic heterocycles. The zero-order valence-corrected chi connectivity index (χ0v) is 9.92. The molecule has 3 heteroatoms. The van der Waals surface area contributed by atoms with Crippen molar-refractivity contribution in [3.63, 3.8) is 0 Å². The Hall–Kier alpha value is -0.963. The molecule has 0 aliphatic rings. The molecular formula is C10H18O2Si. The minimum absolute atomic E-state index is 0.145. The van der Waals surface area contributed by atoms with Crippen LogP contribution in [-0.4, -0.2) is 15.4 Å². The predicted octanol–water partition coefficient (Wildman–Crippen LogP) is 2.14. The van der Waals surface area contributed by atoms with Gasteiger partial charge in [0.25, 0.3) is 0 Å². The van der Waals surface area contributed by atoms with Crippen molar-refractivity contribution in [1.82, 2.24) is 0 Å². The Morgan fingerprint density at radius 1 is 1.31 bits per heavy atom. The van der Waals surface area contributed by atoms with Crippen molar-refractivity contribution in [3.05, 3.63) is 37.3 Å². The van der Waals surface area contributed by atoms with Gasteiger partial charge >= 0.3 is 0 Å². The van der Waals surface area contributed by atoms with Crippen LogP contribution in [0.2, 0.25) is 6.04 Å². The van der Waals surface area contributed by atoms with Crippen molar-refractivity contribution in [3.8, 4) is 0 Å². The molecule has 0 unspecified atom stereocenters. The molecule has 0 rings (SSSR count). The molecule has 13 heavy (non-hydrogen) atoms. The standard InChI is InChI=1S/C10H18O2Si/c1-6-7-13-10(11-8(2)3)12-9(4)5/h6,10H,1-2,4,7,13H2,3,5H3. The van der Waals surface area contributed by atoms with Gasteiger partial charge in [0.1, 0.15) is 9.52 Å². The summed E-state index contributed by atoms with van der Waals surface area (Å²) in [6.45, 7) is 14.7. The van der Waals surface area contributed by atoms with Gasteiger partial charge in [-0.3, -0.25) is 0 Å². The Morgan fingerprint density at radius 3 is 2.08 bits per heavy atom. The molecule has 0 amide bonds. The summed E-state index contributed by atoms with van der Waals surface area (Å²) in [6, 6.07) is 0.991. The summed E-state index contributed by atoms with van der Waals surface area (Å²) in [4.78, 5) is 0. The molecule has 0 saturated carbocycles. The molecule has 0 heterocycles. The molecule has 74 valence electrons. The van der Waals surface area contributed by atoms with E-state index in [0.29, 0.717) is 11.5 Å². The molecule has 0 saturated heterocycles. The summed E-state index contributed by atoms with van der Waals surface area (Å²) in [5.74, 6) is 1.22. The van der Waals surface area contributed by atoms with Crippen LogP contribution in [0.5, 0.6) is 0 Å². The van der Waals surface area contributed by atoms with Gasteiger partial charge in [0.05, 0.1) is 11.5 Å². The molecule has 0 spiro atoms. The molecule has 0 aliphatic carbocycles. The number of rotatable bonds is 7. The minimum atomic E-state index is -0.444. The molecule has 0 fully saturated rings. The lowest BCUT2D eigenvalue weighted by molar-refractivity contribution is -0.0250. The van der Waals surface area contributed by atoms with Crippen LogP contribution in [0.3, 0.4) is 0 Å². The first-order chi connectivity index (χ1) is 6.06. The van der Waals surface area contributed by atoms with Crippen LogP contribution in [0.4, 0.5) is 0 Å². The summed E-state index contributed by atoms with van der Waals surface area (Å²) < 4.78 is 10.8. The maximum absolute atomic E-state index is 5.40. The van der Waals surface area contributed by atoms with E-state index < -0.39 is 9.52 Å². The van der Waals surface area contributed by atoms with E-state index in [4.69, 9.17) is 9.47 Å². The lowest BCUT2D eigenvalue weighted by Crippen LogP contribution is -2.22. The Bertz CT molecular complexity index is 183. The van der Waals surface area contributed by atoms with Crippen molar-refractivity contribution >= 4 is 9.52 Å². The minimum Gasteiger partial charge on any atom is -0.465 e. The second-order valence-corrected chi connectivity index (χ2v) is 4.76. The van der Waals surface area contributed by atoms with E-state index in [-0.39, 0.29) is 5.91 Å². The van der Waals surface area contributed by atoms with Crippen LogP contribution in [-0.2, 0) is 9.47 Å². The van der Waals surface area contributed by atoms with E-state index in [1.165, 1.54) is 0 Å². The highest BCUT2D eigenvalue weighted by molar-refractivity contribution is 6.37. The van der Waals surface area contributed by atoms with Crippen molar-refractivity contribution in [2.45, 2.75) is 25.8 Å². The fourth-order valence-corrected chi connectivity index (χ4v) is 2.16. The zero-order valence-electron chi connectivity index (χ0n) is 8.51. The third kappa shape index (κ3) is 7.40. The van der Waals surface area contributed by atoms with Crippen molar-refractivity contribution in [1.29, 1.82) is 0 Å². The Balaban J connectivity index is 3.93. The Labute approximate surface area is 82.8 Å². The van der Waals surface area contributed by atoms with Gasteiger partial charge in [-0.05, 0) is 19.9 Å².